The van der Waals surface area contributed by atoms with E-state index in [1.807, 2.05) is 6.92 Å². The molecule has 68 heavy (non-hydrogen) atoms. The molecule has 7 amide bonds. The van der Waals surface area contributed by atoms with Crippen LogP contribution in [-0.4, -0.2) is 222 Å². The zero-order valence-electron chi connectivity index (χ0n) is 39.0. The molecule has 1 aromatic rings. The number of nitrogens with zero attached hydrogens (tertiary/aromatic N) is 3. The van der Waals surface area contributed by atoms with Crippen LogP contribution in [-0.2, 0) is 76.2 Å². The lowest BCUT2D eigenvalue weighted by Crippen LogP contribution is -2.41. The molecule has 2 aliphatic heterocycles. The molecule has 1 aromatic heterocycles. The number of hydroxylamine groups is 2. The molecule has 0 saturated carbocycles. The Labute approximate surface area is 396 Å². The number of carbonyl (C=O) groups is 6. The van der Waals surface area contributed by atoms with Crippen molar-refractivity contribution in [3.63, 3.8) is 0 Å². The van der Waals surface area contributed by atoms with Crippen LogP contribution < -0.4 is 21.3 Å². The van der Waals surface area contributed by atoms with Crippen LogP contribution >= 0.6 is 0 Å². The fourth-order valence-corrected chi connectivity index (χ4v) is 5.72. The minimum Gasteiger partial charge on any atom is -0.377 e. The second-order valence-electron chi connectivity index (χ2n) is 14.4. The summed E-state index contributed by atoms with van der Waals surface area (Å²) in [4.78, 5) is 82.9. The van der Waals surface area contributed by atoms with Crippen molar-refractivity contribution in [3.8, 4) is 0 Å². The van der Waals surface area contributed by atoms with Crippen LogP contribution in [0, 0.1) is 0 Å². The molecule has 0 unspecified atom stereocenters. The summed E-state index contributed by atoms with van der Waals surface area (Å²) in [7, 11) is 0. The zero-order valence-corrected chi connectivity index (χ0v) is 39.0. The van der Waals surface area contributed by atoms with Crippen molar-refractivity contribution >= 4 is 47.3 Å². The molecule has 24 nitrogen and oxygen atoms in total. The Balaban J connectivity index is 0.958. The van der Waals surface area contributed by atoms with Gasteiger partial charge in [0.05, 0.1) is 157 Å². The number of amides is 7. The number of ether oxygens (including phenoxy) is 10. The number of hydrogen-bond donors (Lipinski definition) is 4. The molecule has 0 aliphatic carbocycles. The predicted octanol–water partition coefficient (Wildman–Crippen LogP) is -0.516. The maximum absolute atomic E-state index is 13.2. The van der Waals surface area contributed by atoms with Crippen molar-refractivity contribution in [2.75, 3.05) is 177 Å². The number of carbonyl (C=O) groups excluding carboxylic acids is 6. The summed E-state index contributed by atoms with van der Waals surface area (Å²) in [6.07, 6.45) is 7.59. The second kappa shape index (κ2) is 37.9. The van der Waals surface area contributed by atoms with E-state index in [0.717, 1.165) is 17.1 Å². The Morgan fingerprint density at radius 2 is 1.04 bits per heavy atom. The molecule has 3 heterocycles. The van der Waals surface area contributed by atoms with Gasteiger partial charge in [-0.05, 0) is 18.6 Å². The zero-order chi connectivity index (χ0) is 48.7. The van der Waals surface area contributed by atoms with Crippen molar-refractivity contribution in [2.45, 2.75) is 19.8 Å². The fraction of sp³-hybridized carbons (Fsp3) is 0.659. The van der Waals surface area contributed by atoms with E-state index in [9.17, 15) is 28.8 Å². The highest BCUT2D eigenvalue weighted by molar-refractivity contribution is 6.14. The van der Waals surface area contributed by atoms with E-state index < -0.39 is 29.7 Å². The average molecular weight is 968 g/mol. The number of hydrogen-bond acceptors (Lipinski definition) is 18. The number of anilines is 1. The van der Waals surface area contributed by atoms with Gasteiger partial charge in [0.2, 0.25) is 11.8 Å². The quantitative estimate of drug-likeness (QED) is 0.0365. The maximum Gasteiger partial charge on any atom is 0.314 e. The number of fused-ring (bicyclic) bond motifs is 1. The SMILES string of the molecule is CCCN(OCCNC(=O)NCCOCCOCCOCCOCCOCCOCCOCCOCCOCCOCCNC(=O)CN1C(=O)C=CC1=O)C(=O)C1=Cc2ccncc2NC(=O)C1. The van der Waals surface area contributed by atoms with E-state index in [4.69, 9.17) is 52.2 Å². The van der Waals surface area contributed by atoms with Gasteiger partial charge in [-0.25, -0.2) is 9.86 Å². The molecule has 3 rings (SSSR count). The van der Waals surface area contributed by atoms with Crippen LogP contribution in [0.2, 0.25) is 0 Å². The van der Waals surface area contributed by atoms with Crippen LogP contribution in [0.4, 0.5) is 10.5 Å². The first-order chi connectivity index (χ1) is 33.3. The van der Waals surface area contributed by atoms with Crippen molar-refractivity contribution in [1.82, 2.24) is 30.9 Å². The highest BCUT2D eigenvalue weighted by Gasteiger charge is 2.26. The third kappa shape index (κ3) is 27.1. The van der Waals surface area contributed by atoms with Crippen LogP contribution in [0.15, 0.2) is 36.2 Å². The Kier molecular flexibility index (Phi) is 32.0. The highest BCUT2D eigenvalue weighted by Crippen LogP contribution is 2.24. The van der Waals surface area contributed by atoms with E-state index >= 15 is 0 Å². The van der Waals surface area contributed by atoms with E-state index in [0.29, 0.717) is 162 Å². The molecule has 0 bridgehead atoms. The molecule has 24 heteroatoms. The largest absolute Gasteiger partial charge is 0.377 e. The summed E-state index contributed by atoms with van der Waals surface area (Å²) in [6.45, 7) is 10.8. The maximum atomic E-state index is 13.2. The van der Waals surface area contributed by atoms with Gasteiger partial charge in [0.1, 0.15) is 6.54 Å². The topological polar surface area (TPSA) is 271 Å². The number of imide groups is 1. The van der Waals surface area contributed by atoms with Gasteiger partial charge in [0.15, 0.2) is 0 Å². The van der Waals surface area contributed by atoms with Gasteiger partial charge < -0.3 is 68.6 Å². The molecular weight excluding hydrogens is 899 g/mol. The predicted molar refractivity (Wildman–Crippen MR) is 242 cm³/mol. The second-order valence-corrected chi connectivity index (χ2v) is 14.4. The van der Waals surface area contributed by atoms with E-state index in [-0.39, 0.29) is 45.2 Å². The Bertz CT molecular complexity index is 1670. The smallest absolute Gasteiger partial charge is 0.314 e. The van der Waals surface area contributed by atoms with Crippen LogP contribution in [0.3, 0.4) is 0 Å². The molecule has 2 aliphatic rings. The monoisotopic (exact) mass is 967 g/mol. The molecule has 0 radical (unpaired) electrons. The molecule has 4 N–H and O–H groups in total. The third-order valence-corrected chi connectivity index (χ3v) is 9.02. The molecule has 0 saturated heterocycles. The molecule has 0 atom stereocenters. The summed E-state index contributed by atoms with van der Waals surface area (Å²) in [5.41, 5.74) is 1.52. The van der Waals surface area contributed by atoms with Gasteiger partial charge in [-0.3, -0.25) is 38.7 Å². The molecular formula is C44H69N7O17. The van der Waals surface area contributed by atoms with Crippen molar-refractivity contribution in [3.05, 3.63) is 41.7 Å². The molecule has 382 valence electrons. The van der Waals surface area contributed by atoms with Crippen molar-refractivity contribution in [2.24, 2.45) is 0 Å². The number of pyridine rings is 1. The van der Waals surface area contributed by atoms with E-state index in [2.05, 4.69) is 26.3 Å². The molecule has 0 fully saturated rings. The van der Waals surface area contributed by atoms with Crippen molar-refractivity contribution < 1.29 is 81.0 Å². The fourth-order valence-electron chi connectivity index (χ4n) is 5.72. The standard InChI is InChI=1S/C44H69N7O17/c1-2-10-51(43(56)37-32-36-5-6-45-34-38(36)49-39(52)33-37)68-13-9-48-44(57)47-8-12-59-15-17-61-19-21-63-23-25-65-27-29-67-31-30-66-28-26-64-24-22-62-20-18-60-16-14-58-11-7-46-40(53)35-50-41(54)3-4-42(50)55/h3-6,32,34H,2,7-31,33,35H2,1H3,(H,46,53)(H,49,52)(H2,47,48,57). The number of aromatic nitrogens is 1. The minimum absolute atomic E-state index is 0.0581. The van der Waals surface area contributed by atoms with E-state index in [1.165, 1.54) is 11.3 Å². The van der Waals surface area contributed by atoms with Crippen LogP contribution in [0.25, 0.3) is 6.08 Å². The lowest BCUT2D eigenvalue weighted by Gasteiger charge is -2.22. The third-order valence-electron chi connectivity index (χ3n) is 9.02. The summed E-state index contributed by atoms with van der Waals surface area (Å²) in [6, 6.07) is 1.32. The van der Waals surface area contributed by atoms with Gasteiger partial charge in [-0.2, -0.15) is 0 Å². The summed E-state index contributed by atoms with van der Waals surface area (Å²) >= 11 is 0. The van der Waals surface area contributed by atoms with Crippen LogP contribution in [0.5, 0.6) is 0 Å². The number of rotatable bonds is 42. The van der Waals surface area contributed by atoms with E-state index in [1.54, 1.807) is 18.3 Å². The van der Waals surface area contributed by atoms with Gasteiger partial charge in [0.25, 0.3) is 17.7 Å². The minimum atomic E-state index is -0.500. The Morgan fingerprint density at radius 3 is 1.50 bits per heavy atom. The number of urea groups is 1. The van der Waals surface area contributed by atoms with Crippen molar-refractivity contribution in [1.29, 1.82) is 0 Å². The van der Waals surface area contributed by atoms with Gasteiger partial charge in [-0.15, -0.1) is 0 Å². The first-order valence-electron chi connectivity index (χ1n) is 22.8. The molecule has 0 aromatic carbocycles. The highest BCUT2D eigenvalue weighted by atomic mass is 16.7. The first-order valence-corrected chi connectivity index (χ1v) is 22.8. The first kappa shape index (κ1) is 57.3. The van der Waals surface area contributed by atoms with Gasteiger partial charge in [-0.1, -0.05) is 6.92 Å². The lowest BCUT2D eigenvalue weighted by atomic mass is 10.1. The van der Waals surface area contributed by atoms with Gasteiger partial charge >= 0.3 is 6.03 Å². The Morgan fingerprint density at radius 1 is 0.618 bits per heavy atom. The average Bonchev–Trinajstić information content (AvgIpc) is 3.53. The lowest BCUT2D eigenvalue weighted by molar-refractivity contribution is -0.181. The summed E-state index contributed by atoms with van der Waals surface area (Å²) in [5.74, 6) is -2.16. The van der Waals surface area contributed by atoms with Crippen LogP contribution in [0.1, 0.15) is 25.3 Å². The molecule has 0 spiro atoms. The Hall–Kier alpha value is -4.99. The van der Waals surface area contributed by atoms with Gasteiger partial charge in [0, 0.05) is 55.7 Å². The summed E-state index contributed by atoms with van der Waals surface area (Å²) in [5, 5.41) is 11.9. The number of nitrogens with one attached hydrogen (secondary N) is 4. The normalized spacial score (nSPS) is 13.3. The summed E-state index contributed by atoms with van der Waals surface area (Å²) < 4.78 is 54.6.